The molecule has 1 aromatic rings. The second-order valence-corrected chi connectivity index (χ2v) is 5.17. The molecule has 1 unspecified atom stereocenters. The molecule has 4 heteroatoms. The van der Waals surface area contributed by atoms with Crippen LogP contribution in [0.3, 0.4) is 0 Å². The first-order valence-corrected chi connectivity index (χ1v) is 7.44. The molecule has 1 fully saturated rings. The topological polar surface area (TPSA) is 41.9 Å². The average molecular weight is 289 g/mol. The van der Waals surface area contributed by atoms with Crippen molar-refractivity contribution >= 4 is 0 Å². The quantitative estimate of drug-likeness (QED) is 0.853. The zero-order chi connectivity index (χ0) is 14.9. The van der Waals surface area contributed by atoms with E-state index < -0.39 is 0 Å². The zero-order valence-corrected chi connectivity index (χ0v) is 12.5. The number of hydrogen-bond acceptors (Lipinski definition) is 4. The van der Waals surface area contributed by atoms with Gasteiger partial charge in [0.25, 0.3) is 0 Å². The molecule has 21 heavy (non-hydrogen) atoms. The van der Waals surface area contributed by atoms with E-state index in [2.05, 4.69) is 23.7 Å². The minimum absolute atomic E-state index is 0.125. The van der Waals surface area contributed by atoms with Gasteiger partial charge in [-0.05, 0) is 31.5 Å². The lowest BCUT2D eigenvalue weighted by molar-refractivity contribution is 0.0658. The molecule has 0 bridgehead atoms. The predicted molar refractivity (Wildman–Crippen MR) is 82.4 cm³/mol. The molecule has 0 radical (unpaired) electrons. The summed E-state index contributed by atoms with van der Waals surface area (Å²) in [4.78, 5) is 2.38. The van der Waals surface area contributed by atoms with E-state index in [0.717, 1.165) is 44.0 Å². The van der Waals surface area contributed by atoms with Gasteiger partial charge in [-0.2, -0.15) is 0 Å². The lowest BCUT2D eigenvalue weighted by atomic mass is 10.2. The molecule has 1 aromatic carbocycles. The summed E-state index contributed by atoms with van der Waals surface area (Å²) in [5.74, 6) is 6.34. The lowest BCUT2D eigenvalue weighted by Gasteiger charge is -2.21. The molecule has 1 saturated heterocycles. The third kappa shape index (κ3) is 5.76. The molecule has 114 valence electrons. The first kappa shape index (κ1) is 15.8. The van der Waals surface area contributed by atoms with E-state index >= 15 is 0 Å². The van der Waals surface area contributed by atoms with Gasteiger partial charge in [0.15, 0.2) is 0 Å². The molecule has 0 aromatic heterocycles. The standard InChI is InChI=1S/C17H23NO3/c1-15-14-18(8-4-11-20-15)9-12-21-17-7-2-5-16(13-17)6-3-10-19/h2,5,7,13,15,19H,4,8-12,14H2,1H3. The summed E-state index contributed by atoms with van der Waals surface area (Å²) in [7, 11) is 0. The zero-order valence-electron chi connectivity index (χ0n) is 12.5. The van der Waals surface area contributed by atoms with E-state index in [1.807, 2.05) is 24.3 Å². The first-order valence-electron chi connectivity index (χ1n) is 7.44. The second-order valence-electron chi connectivity index (χ2n) is 5.17. The Bertz CT molecular complexity index is 492. The van der Waals surface area contributed by atoms with Gasteiger partial charge in [-0.25, -0.2) is 0 Å². The average Bonchev–Trinajstić information content (AvgIpc) is 2.70. The fourth-order valence-corrected chi connectivity index (χ4v) is 2.38. The summed E-state index contributed by atoms with van der Waals surface area (Å²) in [5, 5.41) is 8.71. The largest absolute Gasteiger partial charge is 0.492 e. The maximum Gasteiger partial charge on any atom is 0.120 e. The molecule has 1 aliphatic rings. The van der Waals surface area contributed by atoms with Crippen molar-refractivity contribution in [1.29, 1.82) is 0 Å². The van der Waals surface area contributed by atoms with Gasteiger partial charge in [0, 0.05) is 31.8 Å². The van der Waals surface area contributed by atoms with Crippen LogP contribution >= 0.6 is 0 Å². The van der Waals surface area contributed by atoms with E-state index in [9.17, 15) is 0 Å². The molecule has 1 aliphatic heterocycles. The van der Waals surface area contributed by atoms with Crippen LogP contribution in [0, 0.1) is 11.8 Å². The van der Waals surface area contributed by atoms with Crippen LogP contribution in [0.25, 0.3) is 0 Å². The van der Waals surface area contributed by atoms with Gasteiger partial charge in [-0.15, -0.1) is 0 Å². The Morgan fingerprint density at radius 2 is 2.38 bits per heavy atom. The number of rotatable bonds is 4. The normalized spacial score (nSPS) is 19.4. The Hall–Kier alpha value is -1.54. The molecule has 0 aliphatic carbocycles. The van der Waals surface area contributed by atoms with Gasteiger partial charge >= 0.3 is 0 Å². The fourth-order valence-electron chi connectivity index (χ4n) is 2.38. The van der Waals surface area contributed by atoms with Crippen molar-refractivity contribution in [2.45, 2.75) is 19.4 Å². The highest BCUT2D eigenvalue weighted by molar-refractivity contribution is 5.39. The summed E-state index contributed by atoms with van der Waals surface area (Å²) in [6.07, 6.45) is 1.38. The highest BCUT2D eigenvalue weighted by atomic mass is 16.5. The van der Waals surface area contributed by atoms with Crippen LogP contribution in [0.4, 0.5) is 0 Å². The van der Waals surface area contributed by atoms with Crippen molar-refractivity contribution < 1.29 is 14.6 Å². The van der Waals surface area contributed by atoms with E-state index in [1.54, 1.807) is 0 Å². The summed E-state index contributed by atoms with van der Waals surface area (Å²) < 4.78 is 11.4. The molecule has 1 heterocycles. The Kier molecular flexibility index (Phi) is 6.55. The van der Waals surface area contributed by atoms with Crippen LogP contribution in [0.2, 0.25) is 0 Å². The van der Waals surface area contributed by atoms with Crippen molar-refractivity contribution in [2.24, 2.45) is 0 Å². The van der Waals surface area contributed by atoms with Crippen LogP contribution in [-0.4, -0.2) is 55.6 Å². The third-order valence-electron chi connectivity index (χ3n) is 3.36. The Morgan fingerprint density at radius 3 is 3.24 bits per heavy atom. The van der Waals surface area contributed by atoms with Crippen LogP contribution < -0.4 is 4.74 Å². The van der Waals surface area contributed by atoms with E-state index in [1.165, 1.54) is 0 Å². The molecular weight excluding hydrogens is 266 g/mol. The second kappa shape index (κ2) is 8.68. The van der Waals surface area contributed by atoms with Crippen LogP contribution in [-0.2, 0) is 4.74 Å². The highest BCUT2D eigenvalue weighted by Crippen LogP contribution is 2.13. The van der Waals surface area contributed by atoms with Gasteiger partial charge in [-0.1, -0.05) is 17.9 Å². The van der Waals surface area contributed by atoms with Crippen molar-refractivity contribution in [3.8, 4) is 17.6 Å². The van der Waals surface area contributed by atoms with Crippen molar-refractivity contribution in [1.82, 2.24) is 4.90 Å². The molecule has 2 rings (SSSR count). The third-order valence-corrected chi connectivity index (χ3v) is 3.36. The minimum atomic E-state index is -0.125. The molecular formula is C17H23NO3. The Morgan fingerprint density at radius 1 is 1.48 bits per heavy atom. The maximum atomic E-state index is 8.71. The number of aliphatic hydroxyl groups excluding tert-OH is 1. The van der Waals surface area contributed by atoms with Crippen molar-refractivity contribution in [2.75, 3.05) is 39.5 Å². The first-order chi connectivity index (χ1) is 10.3. The number of ether oxygens (including phenoxy) is 2. The fraction of sp³-hybridized carbons (Fsp3) is 0.529. The molecule has 1 N–H and O–H groups in total. The van der Waals surface area contributed by atoms with Gasteiger partial charge in [-0.3, -0.25) is 4.90 Å². The lowest BCUT2D eigenvalue weighted by Crippen LogP contribution is -2.33. The van der Waals surface area contributed by atoms with Gasteiger partial charge in [0.1, 0.15) is 19.0 Å². The Labute approximate surface area is 126 Å². The SMILES string of the molecule is CC1CN(CCOc2cccc(C#CCO)c2)CCCO1. The van der Waals surface area contributed by atoms with E-state index in [4.69, 9.17) is 14.6 Å². The molecule has 0 saturated carbocycles. The van der Waals surface area contributed by atoms with Gasteiger partial charge < -0.3 is 14.6 Å². The highest BCUT2D eigenvalue weighted by Gasteiger charge is 2.14. The molecule has 4 nitrogen and oxygen atoms in total. The summed E-state index contributed by atoms with van der Waals surface area (Å²) >= 11 is 0. The van der Waals surface area contributed by atoms with Crippen LogP contribution in [0.5, 0.6) is 5.75 Å². The van der Waals surface area contributed by atoms with Gasteiger partial charge in [0.05, 0.1) is 6.10 Å². The monoisotopic (exact) mass is 289 g/mol. The van der Waals surface area contributed by atoms with Crippen molar-refractivity contribution in [3.05, 3.63) is 29.8 Å². The summed E-state index contributed by atoms with van der Waals surface area (Å²) in [6, 6.07) is 7.65. The Balaban J connectivity index is 1.80. The number of aliphatic hydroxyl groups is 1. The number of nitrogens with zero attached hydrogens (tertiary/aromatic N) is 1. The van der Waals surface area contributed by atoms with Gasteiger partial charge in [0.2, 0.25) is 0 Å². The minimum Gasteiger partial charge on any atom is -0.492 e. The molecule has 0 amide bonds. The number of hydrogen-bond donors (Lipinski definition) is 1. The van der Waals surface area contributed by atoms with Crippen LogP contribution in [0.15, 0.2) is 24.3 Å². The summed E-state index contributed by atoms with van der Waals surface area (Å²) in [6.45, 7) is 6.43. The van der Waals surface area contributed by atoms with Crippen LogP contribution in [0.1, 0.15) is 18.9 Å². The molecule has 1 atom stereocenters. The summed E-state index contributed by atoms with van der Waals surface area (Å²) in [5.41, 5.74) is 0.860. The number of benzene rings is 1. The van der Waals surface area contributed by atoms with E-state index in [0.29, 0.717) is 12.7 Å². The maximum absolute atomic E-state index is 8.71. The molecule has 0 spiro atoms. The smallest absolute Gasteiger partial charge is 0.120 e. The predicted octanol–water partition coefficient (Wildman–Crippen LogP) is 1.52. The van der Waals surface area contributed by atoms with E-state index in [-0.39, 0.29) is 6.61 Å². The van der Waals surface area contributed by atoms with Crippen molar-refractivity contribution in [3.63, 3.8) is 0 Å².